The topological polar surface area (TPSA) is 78.7 Å². The summed E-state index contributed by atoms with van der Waals surface area (Å²) in [5, 5.41) is 11.0. The summed E-state index contributed by atoms with van der Waals surface area (Å²) in [4.78, 5) is 23.9. The fraction of sp³-hybridized carbons (Fsp3) is 0.214. The summed E-state index contributed by atoms with van der Waals surface area (Å²) in [6.45, 7) is 1.66. The molecule has 2 rings (SSSR count). The zero-order chi connectivity index (χ0) is 15.4. The zero-order valence-electron chi connectivity index (χ0n) is 11.5. The van der Waals surface area contributed by atoms with Crippen LogP contribution in [-0.4, -0.2) is 24.4 Å². The quantitative estimate of drug-likeness (QED) is 0.465. The molecule has 0 saturated carbocycles. The van der Waals surface area contributed by atoms with Gasteiger partial charge in [-0.05, 0) is 31.2 Å². The Balaban J connectivity index is 2.12. The molecule has 0 N–H and O–H groups in total. The van der Waals surface area contributed by atoms with Gasteiger partial charge in [-0.15, -0.1) is 11.3 Å². The van der Waals surface area contributed by atoms with E-state index in [1.165, 1.54) is 30.6 Å². The first-order valence-electron chi connectivity index (χ1n) is 6.06. The fourth-order valence-corrected chi connectivity index (χ4v) is 2.48. The molecule has 0 fully saturated rings. The van der Waals surface area contributed by atoms with Crippen LogP contribution in [0.2, 0.25) is 0 Å². The molecule has 0 saturated heterocycles. The normalized spacial score (nSPS) is 10.2. The minimum Gasteiger partial charge on any atom is -0.496 e. The highest BCUT2D eigenvalue weighted by Crippen LogP contribution is 2.31. The maximum Gasteiger partial charge on any atom is 0.314 e. The van der Waals surface area contributed by atoms with E-state index in [0.717, 1.165) is 4.88 Å². The van der Waals surface area contributed by atoms with Crippen LogP contribution in [0.5, 0.6) is 11.5 Å². The van der Waals surface area contributed by atoms with Crippen LogP contribution in [0.4, 0.5) is 5.69 Å². The van der Waals surface area contributed by atoms with Gasteiger partial charge in [-0.1, -0.05) is 0 Å². The molecule has 0 atom stereocenters. The summed E-state index contributed by atoms with van der Waals surface area (Å²) in [5.41, 5.74) is -0.232. The summed E-state index contributed by atoms with van der Waals surface area (Å²) in [6, 6.07) is 7.78. The van der Waals surface area contributed by atoms with Gasteiger partial charge in [-0.2, -0.15) is 0 Å². The highest BCUT2D eigenvalue weighted by atomic mass is 32.1. The van der Waals surface area contributed by atoms with Crippen molar-refractivity contribution in [2.75, 3.05) is 13.7 Å². The van der Waals surface area contributed by atoms with Gasteiger partial charge in [0.25, 0.3) is 0 Å². The molecule has 1 aromatic carbocycles. The van der Waals surface area contributed by atoms with E-state index in [1.807, 2.05) is 13.0 Å². The second kappa shape index (κ2) is 6.36. The number of hydrogen-bond acceptors (Lipinski definition) is 6. The van der Waals surface area contributed by atoms with Gasteiger partial charge in [0.15, 0.2) is 12.4 Å². The van der Waals surface area contributed by atoms with Crippen LogP contribution in [0.15, 0.2) is 30.3 Å². The molecule has 2 aromatic rings. The molecule has 0 spiro atoms. The van der Waals surface area contributed by atoms with Crippen LogP contribution in [-0.2, 0) is 0 Å². The first-order valence-corrected chi connectivity index (χ1v) is 6.88. The third kappa shape index (κ3) is 3.57. The molecule has 0 unspecified atom stereocenters. The molecule has 0 aliphatic heterocycles. The molecule has 6 nitrogen and oxygen atoms in total. The van der Waals surface area contributed by atoms with E-state index in [1.54, 1.807) is 12.1 Å². The molecule has 1 aromatic heterocycles. The predicted octanol–water partition coefficient (Wildman–Crippen LogP) is 3.24. The van der Waals surface area contributed by atoms with Crippen LogP contribution in [0.3, 0.4) is 0 Å². The molecule has 21 heavy (non-hydrogen) atoms. The second-order valence-corrected chi connectivity index (χ2v) is 5.50. The monoisotopic (exact) mass is 307 g/mol. The number of nitro groups is 1. The van der Waals surface area contributed by atoms with Crippen LogP contribution in [0.25, 0.3) is 0 Å². The third-order valence-electron chi connectivity index (χ3n) is 2.74. The SMILES string of the molecule is COc1ccc(OCC(=O)c2ccc(C)s2)c([N+](=O)[O-])c1. The van der Waals surface area contributed by atoms with Crippen molar-refractivity contribution in [2.45, 2.75) is 6.92 Å². The lowest BCUT2D eigenvalue weighted by Crippen LogP contribution is -2.11. The second-order valence-electron chi connectivity index (χ2n) is 4.21. The number of ether oxygens (including phenoxy) is 2. The number of Topliss-reactive ketones (excluding diaryl/α,β-unsaturated/α-hetero) is 1. The molecule has 110 valence electrons. The number of nitrogens with zero attached hydrogens (tertiary/aromatic N) is 1. The predicted molar refractivity (Wildman–Crippen MR) is 78.5 cm³/mol. The Labute approximate surface area is 125 Å². The Morgan fingerprint density at radius 2 is 2.10 bits per heavy atom. The number of hydrogen-bond donors (Lipinski definition) is 0. The average molecular weight is 307 g/mol. The number of carbonyl (C=O) groups is 1. The summed E-state index contributed by atoms with van der Waals surface area (Å²) < 4.78 is 10.2. The molecular formula is C14H13NO5S. The van der Waals surface area contributed by atoms with Crippen LogP contribution in [0.1, 0.15) is 14.5 Å². The van der Waals surface area contributed by atoms with Gasteiger partial charge in [0.2, 0.25) is 5.78 Å². The van der Waals surface area contributed by atoms with E-state index >= 15 is 0 Å². The van der Waals surface area contributed by atoms with E-state index in [2.05, 4.69) is 0 Å². The van der Waals surface area contributed by atoms with E-state index in [0.29, 0.717) is 10.6 Å². The minimum atomic E-state index is -0.572. The van der Waals surface area contributed by atoms with Crippen molar-refractivity contribution < 1.29 is 19.2 Å². The molecule has 0 amide bonds. The highest BCUT2D eigenvalue weighted by Gasteiger charge is 2.18. The number of benzene rings is 1. The highest BCUT2D eigenvalue weighted by molar-refractivity contribution is 7.14. The molecule has 7 heteroatoms. The number of aryl methyl sites for hydroxylation is 1. The fourth-order valence-electron chi connectivity index (χ4n) is 1.69. The first-order chi connectivity index (χ1) is 10.0. The Hall–Kier alpha value is -2.41. The van der Waals surface area contributed by atoms with Crippen molar-refractivity contribution in [1.29, 1.82) is 0 Å². The summed E-state index contributed by atoms with van der Waals surface area (Å²) >= 11 is 1.36. The van der Waals surface area contributed by atoms with Gasteiger partial charge in [-0.3, -0.25) is 14.9 Å². The number of rotatable bonds is 6. The number of ketones is 1. The van der Waals surface area contributed by atoms with Gasteiger partial charge >= 0.3 is 5.69 Å². The summed E-state index contributed by atoms with van der Waals surface area (Å²) in [7, 11) is 1.42. The van der Waals surface area contributed by atoms with E-state index < -0.39 is 4.92 Å². The van der Waals surface area contributed by atoms with Crippen molar-refractivity contribution in [2.24, 2.45) is 0 Å². The van der Waals surface area contributed by atoms with Crippen molar-refractivity contribution in [3.8, 4) is 11.5 Å². The molecule has 0 aliphatic rings. The van der Waals surface area contributed by atoms with E-state index in [4.69, 9.17) is 9.47 Å². The van der Waals surface area contributed by atoms with E-state index in [9.17, 15) is 14.9 Å². The summed E-state index contributed by atoms with van der Waals surface area (Å²) in [6.07, 6.45) is 0. The Kier molecular flexibility index (Phi) is 4.54. The van der Waals surface area contributed by atoms with Gasteiger partial charge in [-0.25, -0.2) is 0 Å². The van der Waals surface area contributed by atoms with Gasteiger partial charge in [0.05, 0.1) is 23.0 Å². The van der Waals surface area contributed by atoms with Gasteiger partial charge in [0.1, 0.15) is 5.75 Å². The van der Waals surface area contributed by atoms with Crippen LogP contribution < -0.4 is 9.47 Å². The minimum absolute atomic E-state index is 0.0439. The first kappa shape index (κ1) is 15.0. The Bertz CT molecular complexity index is 680. The maximum absolute atomic E-state index is 11.9. The van der Waals surface area contributed by atoms with Crippen LogP contribution >= 0.6 is 11.3 Å². The summed E-state index contributed by atoms with van der Waals surface area (Å²) in [5.74, 6) is 0.190. The lowest BCUT2D eigenvalue weighted by Gasteiger charge is -2.07. The third-order valence-corrected chi connectivity index (χ3v) is 3.78. The molecule has 1 heterocycles. The van der Waals surface area contributed by atoms with Crippen LogP contribution in [0, 0.1) is 17.0 Å². The van der Waals surface area contributed by atoms with Crippen molar-refractivity contribution in [1.82, 2.24) is 0 Å². The molecule has 0 radical (unpaired) electrons. The standard InChI is InChI=1S/C14H13NO5S/c1-9-3-6-14(21-9)12(16)8-20-13-5-4-10(19-2)7-11(13)15(17)18/h3-7H,8H2,1-2H3. The van der Waals surface area contributed by atoms with Gasteiger partial charge < -0.3 is 9.47 Å². The molecular weight excluding hydrogens is 294 g/mol. The number of nitro benzene ring substituents is 1. The Morgan fingerprint density at radius 3 is 2.67 bits per heavy atom. The van der Waals surface area contributed by atoms with Gasteiger partial charge in [0, 0.05) is 4.88 Å². The molecule has 0 aliphatic carbocycles. The largest absolute Gasteiger partial charge is 0.496 e. The number of thiophene rings is 1. The lowest BCUT2D eigenvalue weighted by atomic mass is 10.2. The zero-order valence-corrected chi connectivity index (χ0v) is 12.3. The van der Waals surface area contributed by atoms with Crippen molar-refractivity contribution in [3.05, 3.63) is 50.2 Å². The number of methoxy groups -OCH3 is 1. The molecule has 0 bridgehead atoms. The Morgan fingerprint density at radius 1 is 1.33 bits per heavy atom. The average Bonchev–Trinajstić information content (AvgIpc) is 2.91. The van der Waals surface area contributed by atoms with Crippen molar-refractivity contribution >= 4 is 22.8 Å². The maximum atomic E-state index is 11.9. The van der Waals surface area contributed by atoms with E-state index in [-0.39, 0.29) is 23.8 Å². The number of carbonyl (C=O) groups excluding carboxylic acids is 1. The smallest absolute Gasteiger partial charge is 0.314 e. The van der Waals surface area contributed by atoms with Crippen molar-refractivity contribution in [3.63, 3.8) is 0 Å². The lowest BCUT2D eigenvalue weighted by molar-refractivity contribution is -0.385.